The van der Waals surface area contributed by atoms with Crippen LogP contribution in [0.5, 0.6) is 11.5 Å². The predicted molar refractivity (Wildman–Crippen MR) is 117 cm³/mol. The highest BCUT2D eigenvalue weighted by molar-refractivity contribution is 7.92. The van der Waals surface area contributed by atoms with Gasteiger partial charge in [-0.15, -0.1) is 0 Å². The highest BCUT2D eigenvalue weighted by atomic mass is 32.2. The largest absolute Gasteiger partial charge is 0.486 e. The van der Waals surface area contributed by atoms with Crippen LogP contribution in [0, 0.1) is 0 Å². The third-order valence-electron chi connectivity index (χ3n) is 4.79. The Balaban J connectivity index is 1.50. The Hall–Kier alpha value is -3.52. The normalized spacial score (nSPS) is 12.8. The smallest absolute Gasteiger partial charge is 0.261 e. The molecular weight excluding hydrogens is 416 g/mol. The summed E-state index contributed by atoms with van der Waals surface area (Å²) in [6.45, 7) is 1.35. The minimum Gasteiger partial charge on any atom is -0.486 e. The number of fused-ring (bicyclic) bond motifs is 1. The minimum atomic E-state index is -3.82. The number of anilines is 1. The SMILES string of the molecule is CN(Cc1ccc2c(c1)OCCO2)C(=O)c1cccc(S(=O)(=O)Nc2ccccc2)c1. The Kier molecular flexibility index (Phi) is 5.81. The van der Waals surface area contributed by atoms with Gasteiger partial charge in [0, 0.05) is 24.8 Å². The fourth-order valence-electron chi connectivity index (χ4n) is 3.27. The van der Waals surface area contributed by atoms with Gasteiger partial charge < -0.3 is 14.4 Å². The van der Waals surface area contributed by atoms with Crippen LogP contribution in [-0.2, 0) is 16.6 Å². The summed E-state index contributed by atoms with van der Waals surface area (Å²) >= 11 is 0. The standard InChI is InChI=1S/C23H22N2O5S/c1-25(16-17-10-11-21-22(14-17)30-13-12-29-21)23(26)18-6-5-9-20(15-18)31(27,28)24-19-7-3-2-4-8-19/h2-11,14-15,24H,12-13,16H2,1H3. The topological polar surface area (TPSA) is 84.9 Å². The van der Waals surface area contributed by atoms with E-state index in [1.807, 2.05) is 18.2 Å². The van der Waals surface area contributed by atoms with E-state index >= 15 is 0 Å². The first-order valence-electron chi connectivity index (χ1n) is 9.74. The van der Waals surface area contributed by atoms with Crippen LogP contribution in [0.2, 0.25) is 0 Å². The van der Waals surface area contributed by atoms with Crippen molar-refractivity contribution in [3.63, 3.8) is 0 Å². The van der Waals surface area contributed by atoms with Crippen molar-refractivity contribution >= 4 is 21.6 Å². The van der Waals surface area contributed by atoms with Crippen molar-refractivity contribution in [2.24, 2.45) is 0 Å². The number of nitrogens with zero attached hydrogens (tertiary/aromatic N) is 1. The number of ether oxygens (including phenoxy) is 2. The van der Waals surface area contributed by atoms with Gasteiger partial charge in [-0.1, -0.05) is 30.3 Å². The summed E-state index contributed by atoms with van der Waals surface area (Å²) in [5.41, 5.74) is 1.63. The summed E-state index contributed by atoms with van der Waals surface area (Å²) in [5, 5.41) is 0. The number of rotatable bonds is 6. The molecule has 0 aliphatic carbocycles. The summed E-state index contributed by atoms with van der Waals surface area (Å²) in [4.78, 5) is 14.5. The third kappa shape index (κ3) is 4.80. The van der Waals surface area contributed by atoms with Gasteiger partial charge in [0.2, 0.25) is 0 Å². The molecule has 1 N–H and O–H groups in total. The van der Waals surface area contributed by atoms with E-state index in [4.69, 9.17) is 9.47 Å². The molecule has 0 saturated heterocycles. The molecule has 1 amide bonds. The molecule has 0 atom stereocenters. The van der Waals surface area contributed by atoms with Gasteiger partial charge in [0.25, 0.3) is 15.9 Å². The van der Waals surface area contributed by atoms with Gasteiger partial charge in [0.15, 0.2) is 11.5 Å². The van der Waals surface area contributed by atoms with Gasteiger partial charge in [0.1, 0.15) is 13.2 Å². The van der Waals surface area contributed by atoms with Crippen molar-refractivity contribution in [2.45, 2.75) is 11.4 Å². The maximum absolute atomic E-state index is 12.9. The zero-order valence-electron chi connectivity index (χ0n) is 16.9. The maximum atomic E-state index is 12.9. The summed E-state index contributed by atoms with van der Waals surface area (Å²) in [7, 11) is -2.15. The number of carbonyl (C=O) groups is 1. The summed E-state index contributed by atoms with van der Waals surface area (Å²) in [6, 6.07) is 20.2. The van der Waals surface area contributed by atoms with Gasteiger partial charge in [0.05, 0.1) is 4.90 Å². The number of sulfonamides is 1. The van der Waals surface area contributed by atoms with Crippen molar-refractivity contribution in [1.82, 2.24) is 4.90 Å². The minimum absolute atomic E-state index is 0.0231. The lowest BCUT2D eigenvalue weighted by molar-refractivity contribution is 0.0784. The quantitative estimate of drug-likeness (QED) is 0.636. The van der Waals surface area contributed by atoms with E-state index < -0.39 is 10.0 Å². The molecule has 8 heteroatoms. The Morgan fingerprint density at radius 3 is 2.45 bits per heavy atom. The van der Waals surface area contributed by atoms with Crippen molar-refractivity contribution in [2.75, 3.05) is 25.0 Å². The van der Waals surface area contributed by atoms with Crippen LogP contribution < -0.4 is 14.2 Å². The number of para-hydroxylation sites is 1. The number of carbonyl (C=O) groups excluding carboxylic acids is 1. The van der Waals surface area contributed by atoms with Crippen LogP contribution in [0.25, 0.3) is 0 Å². The third-order valence-corrected chi connectivity index (χ3v) is 6.17. The van der Waals surface area contributed by atoms with Crippen molar-refractivity contribution < 1.29 is 22.7 Å². The molecule has 1 aliphatic rings. The molecule has 31 heavy (non-hydrogen) atoms. The van der Waals surface area contributed by atoms with Crippen LogP contribution >= 0.6 is 0 Å². The molecule has 3 aromatic rings. The lowest BCUT2D eigenvalue weighted by Gasteiger charge is -2.21. The van der Waals surface area contributed by atoms with E-state index in [-0.39, 0.29) is 16.4 Å². The highest BCUT2D eigenvalue weighted by Crippen LogP contribution is 2.31. The Bertz CT molecular complexity index is 1200. The van der Waals surface area contributed by atoms with E-state index in [0.717, 1.165) is 5.56 Å². The summed E-state index contributed by atoms with van der Waals surface area (Å²) in [6.07, 6.45) is 0. The molecule has 1 heterocycles. The van der Waals surface area contributed by atoms with E-state index in [9.17, 15) is 13.2 Å². The van der Waals surface area contributed by atoms with Crippen molar-refractivity contribution in [1.29, 1.82) is 0 Å². The van der Waals surface area contributed by atoms with Gasteiger partial charge in [-0.2, -0.15) is 0 Å². The van der Waals surface area contributed by atoms with Crippen molar-refractivity contribution in [3.05, 3.63) is 83.9 Å². The van der Waals surface area contributed by atoms with E-state index in [1.165, 1.54) is 17.0 Å². The molecule has 0 bridgehead atoms. The number of nitrogens with one attached hydrogen (secondary N) is 1. The molecule has 0 saturated carbocycles. The fourth-order valence-corrected chi connectivity index (χ4v) is 4.37. The van der Waals surface area contributed by atoms with Crippen LogP contribution in [0.4, 0.5) is 5.69 Å². The first kappa shape index (κ1) is 20.7. The number of amides is 1. The first-order valence-corrected chi connectivity index (χ1v) is 11.2. The zero-order valence-corrected chi connectivity index (χ0v) is 17.8. The number of hydrogen-bond acceptors (Lipinski definition) is 5. The zero-order chi connectivity index (χ0) is 21.8. The van der Waals surface area contributed by atoms with Gasteiger partial charge in [-0.3, -0.25) is 9.52 Å². The molecule has 160 valence electrons. The lowest BCUT2D eigenvalue weighted by Crippen LogP contribution is -2.26. The predicted octanol–water partition coefficient (Wildman–Crippen LogP) is 3.53. The molecule has 1 aliphatic heterocycles. The molecule has 0 radical (unpaired) electrons. The second-order valence-corrected chi connectivity index (χ2v) is 8.82. The lowest BCUT2D eigenvalue weighted by atomic mass is 10.1. The molecule has 4 rings (SSSR count). The van der Waals surface area contributed by atoms with Crippen LogP contribution in [0.1, 0.15) is 15.9 Å². The molecule has 3 aromatic carbocycles. The highest BCUT2D eigenvalue weighted by Gasteiger charge is 2.19. The molecule has 0 spiro atoms. The van der Waals surface area contributed by atoms with Gasteiger partial charge in [-0.25, -0.2) is 8.42 Å². The fraction of sp³-hybridized carbons (Fsp3) is 0.174. The summed E-state index contributed by atoms with van der Waals surface area (Å²) in [5.74, 6) is 1.06. The monoisotopic (exact) mass is 438 g/mol. The first-order chi connectivity index (χ1) is 14.9. The summed E-state index contributed by atoms with van der Waals surface area (Å²) < 4.78 is 39.1. The van der Waals surface area contributed by atoms with Crippen LogP contribution in [0.15, 0.2) is 77.7 Å². The Morgan fingerprint density at radius 1 is 0.935 bits per heavy atom. The molecule has 0 unspecified atom stereocenters. The Morgan fingerprint density at radius 2 is 1.68 bits per heavy atom. The Labute approximate surface area is 181 Å². The van der Waals surface area contributed by atoms with Gasteiger partial charge >= 0.3 is 0 Å². The second kappa shape index (κ2) is 8.69. The second-order valence-electron chi connectivity index (χ2n) is 7.14. The number of benzene rings is 3. The van der Waals surface area contributed by atoms with Crippen LogP contribution in [-0.4, -0.2) is 39.5 Å². The average Bonchev–Trinajstić information content (AvgIpc) is 2.79. The average molecular weight is 439 g/mol. The van der Waals surface area contributed by atoms with Gasteiger partial charge in [-0.05, 0) is 48.0 Å². The van der Waals surface area contributed by atoms with Crippen molar-refractivity contribution in [3.8, 4) is 11.5 Å². The van der Waals surface area contributed by atoms with E-state index in [1.54, 1.807) is 49.5 Å². The van der Waals surface area contributed by atoms with Crippen LogP contribution in [0.3, 0.4) is 0 Å². The van der Waals surface area contributed by atoms with E-state index in [0.29, 0.717) is 36.9 Å². The molecular formula is C23H22N2O5S. The van der Waals surface area contributed by atoms with E-state index in [2.05, 4.69) is 4.72 Å². The molecule has 7 nitrogen and oxygen atoms in total. The molecule has 0 fully saturated rings. The number of hydrogen-bond donors (Lipinski definition) is 1. The molecule has 0 aromatic heterocycles. The maximum Gasteiger partial charge on any atom is 0.261 e.